The van der Waals surface area contributed by atoms with Crippen molar-refractivity contribution in [2.45, 2.75) is 19.1 Å². The number of nitrogens with two attached hydrogens (primary N) is 1. The van der Waals surface area contributed by atoms with Crippen LogP contribution < -0.4 is 5.73 Å². The molecule has 1 rings (SSSR count). The number of hydrogen-bond acceptors (Lipinski definition) is 3. The molecule has 0 heterocycles. The quantitative estimate of drug-likeness (QED) is 0.536. The minimum atomic E-state index is -0.885. The first-order valence-electron chi connectivity index (χ1n) is 5.03. The van der Waals surface area contributed by atoms with Gasteiger partial charge in [-0.3, -0.25) is 0 Å². The Kier molecular flexibility index (Phi) is 3.88. The van der Waals surface area contributed by atoms with Crippen molar-refractivity contribution in [3.05, 3.63) is 54.1 Å². The van der Waals surface area contributed by atoms with E-state index in [4.69, 9.17) is 5.73 Å². The molecule has 0 fully saturated rings. The summed E-state index contributed by atoms with van der Waals surface area (Å²) in [6.45, 7) is 8.90. The highest BCUT2D eigenvalue weighted by molar-refractivity contribution is 5.57. The van der Waals surface area contributed by atoms with Gasteiger partial charge in [0, 0.05) is 11.3 Å². The molecule has 0 amide bonds. The Morgan fingerprint density at radius 1 is 1.12 bits per heavy atom. The summed E-state index contributed by atoms with van der Waals surface area (Å²) in [7, 11) is 0. The molecular formula is C13H17NO2. The molecule has 0 aliphatic rings. The second kappa shape index (κ2) is 4.96. The summed E-state index contributed by atoms with van der Waals surface area (Å²) in [6.07, 6.45) is 1.06. The van der Waals surface area contributed by atoms with Gasteiger partial charge in [-0.25, -0.2) is 0 Å². The molecule has 3 nitrogen and oxygen atoms in total. The molecule has 2 unspecified atom stereocenters. The third-order valence-corrected chi connectivity index (χ3v) is 2.58. The Balaban J connectivity index is 3.47. The molecule has 0 spiro atoms. The zero-order valence-corrected chi connectivity index (χ0v) is 9.35. The molecule has 0 radical (unpaired) electrons. The largest absolute Gasteiger partial charge is 0.398 e. The van der Waals surface area contributed by atoms with Crippen molar-refractivity contribution in [2.75, 3.05) is 5.73 Å². The average Bonchev–Trinajstić information content (AvgIpc) is 2.29. The van der Waals surface area contributed by atoms with E-state index in [0.29, 0.717) is 16.8 Å². The predicted molar refractivity (Wildman–Crippen MR) is 65.9 cm³/mol. The van der Waals surface area contributed by atoms with E-state index in [0.717, 1.165) is 5.56 Å². The van der Waals surface area contributed by atoms with Gasteiger partial charge in [0.15, 0.2) is 0 Å². The van der Waals surface area contributed by atoms with Crippen LogP contribution in [0.1, 0.15) is 28.9 Å². The number of anilines is 1. The summed E-state index contributed by atoms with van der Waals surface area (Å²) in [5, 5.41) is 19.7. The average molecular weight is 219 g/mol. The number of nitrogen functional groups attached to an aromatic ring is 1. The highest BCUT2D eigenvalue weighted by Gasteiger charge is 2.19. The SMILES string of the molecule is C=CC(O)c1c(C)ccc(N)c1C(O)C=C. The fourth-order valence-electron chi connectivity index (χ4n) is 1.72. The summed E-state index contributed by atoms with van der Waals surface area (Å²) >= 11 is 0. The van der Waals surface area contributed by atoms with Gasteiger partial charge < -0.3 is 15.9 Å². The third kappa shape index (κ3) is 2.15. The van der Waals surface area contributed by atoms with Crippen molar-refractivity contribution >= 4 is 5.69 Å². The van der Waals surface area contributed by atoms with Crippen LogP contribution in [0.25, 0.3) is 0 Å². The highest BCUT2D eigenvalue weighted by Crippen LogP contribution is 2.32. The van der Waals surface area contributed by atoms with E-state index in [1.165, 1.54) is 12.2 Å². The van der Waals surface area contributed by atoms with Crippen LogP contribution in [0.5, 0.6) is 0 Å². The van der Waals surface area contributed by atoms with Gasteiger partial charge in [0.25, 0.3) is 0 Å². The standard InChI is InChI=1S/C13H17NO2/c1-4-10(15)12-8(3)6-7-9(14)13(12)11(16)5-2/h4-7,10-11,15-16H,1-2,14H2,3H3. The first kappa shape index (κ1) is 12.5. The van der Waals surface area contributed by atoms with Crippen molar-refractivity contribution in [3.8, 4) is 0 Å². The lowest BCUT2D eigenvalue weighted by atomic mass is 9.92. The van der Waals surface area contributed by atoms with E-state index in [1.807, 2.05) is 6.92 Å². The Morgan fingerprint density at radius 2 is 1.62 bits per heavy atom. The molecule has 0 saturated carbocycles. The number of aliphatic hydroxyl groups is 2. The van der Waals surface area contributed by atoms with Crippen molar-refractivity contribution in [1.82, 2.24) is 0 Å². The van der Waals surface area contributed by atoms with Gasteiger partial charge >= 0.3 is 0 Å². The Hall–Kier alpha value is -1.58. The second-order valence-electron chi connectivity index (χ2n) is 3.66. The molecule has 2 atom stereocenters. The fourth-order valence-corrected chi connectivity index (χ4v) is 1.72. The summed E-state index contributed by atoms with van der Waals surface area (Å²) in [5.74, 6) is 0. The first-order valence-corrected chi connectivity index (χ1v) is 5.03. The Labute approximate surface area is 95.5 Å². The minimum absolute atomic E-state index is 0.439. The van der Waals surface area contributed by atoms with Crippen LogP contribution in [-0.4, -0.2) is 10.2 Å². The summed E-state index contributed by atoms with van der Waals surface area (Å²) in [6, 6.07) is 3.51. The maximum absolute atomic E-state index is 9.84. The van der Waals surface area contributed by atoms with E-state index in [9.17, 15) is 10.2 Å². The summed E-state index contributed by atoms with van der Waals surface area (Å²) < 4.78 is 0. The predicted octanol–water partition coefficient (Wildman–Crippen LogP) is 2.02. The van der Waals surface area contributed by atoms with Crippen LogP contribution >= 0.6 is 0 Å². The van der Waals surface area contributed by atoms with Gasteiger partial charge in [0.1, 0.15) is 0 Å². The van der Waals surface area contributed by atoms with Gasteiger partial charge in [-0.1, -0.05) is 18.2 Å². The Morgan fingerprint density at radius 3 is 2.12 bits per heavy atom. The van der Waals surface area contributed by atoms with Gasteiger partial charge in [0.2, 0.25) is 0 Å². The molecule has 16 heavy (non-hydrogen) atoms. The Bertz CT molecular complexity index is 374. The fraction of sp³-hybridized carbons (Fsp3) is 0.231. The molecule has 1 aromatic carbocycles. The highest BCUT2D eigenvalue weighted by atomic mass is 16.3. The van der Waals surface area contributed by atoms with Crippen LogP contribution in [0.4, 0.5) is 5.69 Å². The van der Waals surface area contributed by atoms with E-state index in [-0.39, 0.29) is 0 Å². The molecule has 0 aliphatic heterocycles. The number of benzene rings is 1. The number of aliphatic hydroxyl groups excluding tert-OH is 2. The van der Waals surface area contributed by atoms with Crippen LogP contribution in [0, 0.1) is 6.92 Å². The van der Waals surface area contributed by atoms with Crippen LogP contribution in [0.3, 0.4) is 0 Å². The number of hydrogen-bond donors (Lipinski definition) is 3. The van der Waals surface area contributed by atoms with E-state index in [1.54, 1.807) is 12.1 Å². The van der Waals surface area contributed by atoms with Crippen molar-refractivity contribution in [2.24, 2.45) is 0 Å². The van der Waals surface area contributed by atoms with Crippen LogP contribution in [0.2, 0.25) is 0 Å². The molecular weight excluding hydrogens is 202 g/mol. The zero-order chi connectivity index (χ0) is 12.3. The molecule has 0 aliphatic carbocycles. The summed E-state index contributed by atoms with van der Waals surface area (Å²) in [4.78, 5) is 0. The number of aryl methyl sites for hydroxylation is 1. The van der Waals surface area contributed by atoms with Gasteiger partial charge in [-0.15, -0.1) is 13.2 Å². The van der Waals surface area contributed by atoms with Crippen molar-refractivity contribution < 1.29 is 10.2 Å². The van der Waals surface area contributed by atoms with Gasteiger partial charge in [-0.2, -0.15) is 0 Å². The number of rotatable bonds is 4. The molecule has 0 bridgehead atoms. The van der Waals surface area contributed by atoms with Gasteiger partial charge in [0.05, 0.1) is 12.2 Å². The van der Waals surface area contributed by atoms with E-state index < -0.39 is 12.2 Å². The normalized spacial score (nSPS) is 14.2. The lowest BCUT2D eigenvalue weighted by Crippen LogP contribution is -2.09. The second-order valence-corrected chi connectivity index (χ2v) is 3.66. The van der Waals surface area contributed by atoms with E-state index >= 15 is 0 Å². The van der Waals surface area contributed by atoms with Crippen molar-refractivity contribution in [1.29, 1.82) is 0 Å². The smallest absolute Gasteiger partial charge is 0.0992 e. The van der Waals surface area contributed by atoms with Crippen LogP contribution in [0.15, 0.2) is 37.4 Å². The molecule has 3 heteroatoms. The molecule has 4 N–H and O–H groups in total. The zero-order valence-electron chi connectivity index (χ0n) is 9.35. The maximum atomic E-state index is 9.84. The van der Waals surface area contributed by atoms with Crippen LogP contribution in [-0.2, 0) is 0 Å². The lowest BCUT2D eigenvalue weighted by Gasteiger charge is -2.20. The first-order chi connectivity index (χ1) is 7.52. The third-order valence-electron chi connectivity index (χ3n) is 2.58. The molecule has 1 aromatic rings. The minimum Gasteiger partial charge on any atom is -0.398 e. The maximum Gasteiger partial charge on any atom is 0.0992 e. The molecule has 0 saturated heterocycles. The van der Waals surface area contributed by atoms with E-state index in [2.05, 4.69) is 13.2 Å². The van der Waals surface area contributed by atoms with Gasteiger partial charge in [-0.05, 0) is 24.1 Å². The molecule has 0 aromatic heterocycles. The summed E-state index contributed by atoms with van der Waals surface area (Å²) in [5.41, 5.74) is 8.21. The lowest BCUT2D eigenvalue weighted by molar-refractivity contribution is 0.205. The monoisotopic (exact) mass is 219 g/mol. The topological polar surface area (TPSA) is 66.5 Å². The van der Waals surface area contributed by atoms with Crippen molar-refractivity contribution in [3.63, 3.8) is 0 Å². The molecule has 86 valence electrons.